The van der Waals surface area contributed by atoms with Crippen LogP contribution >= 0.6 is 11.6 Å². The van der Waals surface area contributed by atoms with Gasteiger partial charge in [0.05, 0.1) is 18.0 Å². The zero-order chi connectivity index (χ0) is 22.0. The summed E-state index contributed by atoms with van der Waals surface area (Å²) in [6.07, 6.45) is 4.61. The molecule has 1 saturated carbocycles. The summed E-state index contributed by atoms with van der Waals surface area (Å²) in [7, 11) is 0. The zero-order valence-electron chi connectivity index (χ0n) is 17.9. The van der Waals surface area contributed by atoms with Crippen molar-refractivity contribution in [1.82, 2.24) is 14.7 Å². The van der Waals surface area contributed by atoms with Crippen molar-refractivity contribution in [3.05, 3.63) is 29.0 Å². The Morgan fingerprint density at radius 1 is 1.29 bits per heavy atom. The first-order chi connectivity index (χ1) is 14.8. The van der Waals surface area contributed by atoms with Crippen molar-refractivity contribution in [2.45, 2.75) is 50.7 Å². The van der Waals surface area contributed by atoms with Gasteiger partial charge in [-0.3, -0.25) is 9.69 Å². The van der Waals surface area contributed by atoms with Crippen LogP contribution in [0.15, 0.2) is 18.2 Å². The van der Waals surface area contributed by atoms with Gasteiger partial charge < -0.3 is 19.9 Å². The molecule has 3 fully saturated rings. The van der Waals surface area contributed by atoms with Crippen molar-refractivity contribution < 1.29 is 18.7 Å². The number of amides is 3. The zero-order valence-corrected chi connectivity index (χ0v) is 18.7. The second-order valence-electron chi connectivity index (χ2n) is 8.86. The summed E-state index contributed by atoms with van der Waals surface area (Å²) in [4.78, 5) is 31.1. The molecule has 2 saturated heterocycles. The highest BCUT2D eigenvalue weighted by molar-refractivity contribution is 6.30. The fourth-order valence-corrected chi connectivity index (χ4v) is 4.51. The Bertz CT molecular complexity index is 825. The first-order valence-corrected chi connectivity index (χ1v) is 11.4. The Kier molecular flexibility index (Phi) is 6.69. The second kappa shape index (κ2) is 9.30. The number of ether oxygens (including phenoxy) is 1. The summed E-state index contributed by atoms with van der Waals surface area (Å²) in [5, 5.41) is 2.92. The molecular weight excluding hydrogens is 423 g/mol. The monoisotopic (exact) mass is 452 g/mol. The van der Waals surface area contributed by atoms with Crippen LogP contribution in [0.1, 0.15) is 39.0 Å². The van der Waals surface area contributed by atoms with E-state index < -0.39 is 11.8 Å². The Morgan fingerprint density at radius 3 is 2.81 bits per heavy atom. The van der Waals surface area contributed by atoms with Crippen LogP contribution in [0.2, 0.25) is 5.02 Å². The molecule has 0 unspecified atom stereocenters. The van der Waals surface area contributed by atoms with E-state index in [-0.39, 0.29) is 29.7 Å². The third kappa shape index (κ3) is 5.48. The van der Waals surface area contributed by atoms with Crippen LogP contribution in [0, 0.1) is 5.82 Å². The summed E-state index contributed by atoms with van der Waals surface area (Å²) < 4.78 is 19.9. The molecule has 2 heterocycles. The molecule has 1 atom stereocenters. The van der Waals surface area contributed by atoms with Gasteiger partial charge in [-0.05, 0) is 50.8 Å². The molecular formula is C22H30ClFN4O3. The minimum absolute atomic E-state index is 0.0360. The third-order valence-corrected chi connectivity index (χ3v) is 6.75. The summed E-state index contributed by atoms with van der Waals surface area (Å²) in [5.41, 5.74) is 0.221. The molecule has 3 amide bonds. The molecule has 1 aromatic carbocycles. The van der Waals surface area contributed by atoms with Gasteiger partial charge in [0.25, 0.3) is 0 Å². The van der Waals surface area contributed by atoms with E-state index >= 15 is 0 Å². The number of urea groups is 1. The molecule has 1 spiro atoms. The van der Waals surface area contributed by atoms with E-state index in [1.165, 1.54) is 31.0 Å². The SMILES string of the molecule is C[C@@H]1CN(CCCN2CCC3(CC3)OC2)C(=O)CCN1C(=O)Nc1cc(Cl)ccc1F. The predicted octanol–water partition coefficient (Wildman–Crippen LogP) is 3.54. The summed E-state index contributed by atoms with van der Waals surface area (Å²) >= 11 is 5.91. The molecule has 1 N–H and O–H groups in total. The number of benzene rings is 1. The minimum atomic E-state index is -0.549. The molecule has 7 nitrogen and oxygen atoms in total. The van der Waals surface area contributed by atoms with Gasteiger partial charge in [-0.15, -0.1) is 0 Å². The average molecular weight is 453 g/mol. The maximum Gasteiger partial charge on any atom is 0.322 e. The lowest BCUT2D eigenvalue weighted by Gasteiger charge is -2.33. The number of hydrogen-bond donors (Lipinski definition) is 1. The molecule has 0 aromatic heterocycles. The maximum absolute atomic E-state index is 14.0. The highest BCUT2D eigenvalue weighted by atomic mass is 35.5. The summed E-state index contributed by atoms with van der Waals surface area (Å²) in [6.45, 7) is 5.95. The van der Waals surface area contributed by atoms with E-state index in [4.69, 9.17) is 16.3 Å². The van der Waals surface area contributed by atoms with Gasteiger partial charge >= 0.3 is 6.03 Å². The van der Waals surface area contributed by atoms with Crippen LogP contribution in [0.5, 0.6) is 0 Å². The molecule has 170 valence electrons. The van der Waals surface area contributed by atoms with Gasteiger partial charge in [0.1, 0.15) is 5.82 Å². The van der Waals surface area contributed by atoms with E-state index in [2.05, 4.69) is 10.2 Å². The fourth-order valence-electron chi connectivity index (χ4n) is 4.33. The van der Waals surface area contributed by atoms with Crippen molar-refractivity contribution in [3.8, 4) is 0 Å². The molecule has 3 aliphatic rings. The first kappa shape index (κ1) is 22.3. The van der Waals surface area contributed by atoms with Gasteiger partial charge in [-0.2, -0.15) is 0 Å². The average Bonchev–Trinajstić information content (AvgIpc) is 3.51. The van der Waals surface area contributed by atoms with Crippen LogP contribution < -0.4 is 5.32 Å². The van der Waals surface area contributed by atoms with Gasteiger partial charge in [-0.1, -0.05) is 11.6 Å². The molecule has 2 aliphatic heterocycles. The lowest BCUT2D eigenvalue weighted by Crippen LogP contribution is -2.45. The highest BCUT2D eigenvalue weighted by Gasteiger charge is 2.46. The van der Waals surface area contributed by atoms with Crippen molar-refractivity contribution in [2.75, 3.05) is 44.8 Å². The number of hydrogen-bond acceptors (Lipinski definition) is 4. The van der Waals surface area contributed by atoms with E-state index in [1.54, 1.807) is 4.90 Å². The van der Waals surface area contributed by atoms with Crippen molar-refractivity contribution >= 4 is 29.2 Å². The molecule has 1 aromatic rings. The van der Waals surface area contributed by atoms with Crippen LogP contribution in [0.25, 0.3) is 0 Å². The molecule has 31 heavy (non-hydrogen) atoms. The van der Waals surface area contributed by atoms with Crippen molar-refractivity contribution in [1.29, 1.82) is 0 Å². The van der Waals surface area contributed by atoms with Crippen LogP contribution in [0.3, 0.4) is 0 Å². The number of carbonyl (C=O) groups excluding carboxylic acids is 2. The quantitative estimate of drug-likeness (QED) is 0.742. The molecule has 4 rings (SSSR count). The van der Waals surface area contributed by atoms with E-state index in [0.29, 0.717) is 31.4 Å². The third-order valence-electron chi connectivity index (χ3n) is 6.51. The maximum atomic E-state index is 14.0. The molecule has 0 radical (unpaired) electrons. The van der Waals surface area contributed by atoms with Gasteiger partial charge in [0, 0.05) is 50.2 Å². The van der Waals surface area contributed by atoms with E-state index in [1.807, 2.05) is 11.8 Å². The van der Waals surface area contributed by atoms with Gasteiger partial charge in [0.2, 0.25) is 5.91 Å². The van der Waals surface area contributed by atoms with Crippen LogP contribution in [-0.4, -0.2) is 77.7 Å². The summed E-state index contributed by atoms with van der Waals surface area (Å²) in [6, 6.07) is 3.42. The number of nitrogens with one attached hydrogen (secondary N) is 1. The number of rotatable bonds is 5. The van der Waals surface area contributed by atoms with Gasteiger partial charge in [-0.25, -0.2) is 9.18 Å². The lowest BCUT2D eigenvalue weighted by atomic mass is 10.2. The number of anilines is 1. The van der Waals surface area contributed by atoms with E-state index in [0.717, 1.165) is 25.9 Å². The van der Waals surface area contributed by atoms with Gasteiger partial charge in [0.15, 0.2) is 0 Å². The normalized spacial score (nSPS) is 23.7. The smallest absolute Gasteiger partial charge is 0.322 e. The Morgan fingerprint density at radius 2 is 2.10 bits per heavy atom. The Hall–Kier alpha value is -1.90. The molecule has 0 bridgehead atoms. The first-order valence-electron chi connectivity index (χ1n) is 11.0. The number of halogens is 2. The van der Waals surface area contributed by atoms with Crippen LogP contribution in [0.4, 0.5) is 14.9 Å². The van der Waals surface area contributed by atoms with Crippen molar-refractivity contribution in [2.24, 2.45) is 0 Å². The lowest BCUT2D eigenvalue weighted by molar-refractivity contribution is -0.130. The standard InChI is InChI=1S/C22H30ClFN4O3/c1-16-14-27(10-2-9-26-12-8-22(6-7-22)31-15-26)20(29)5-11-28(16)21(30)25-19-13-17(23)3-4-18(19)24/h3-4,13,16H,2,5-12,14-15H2,1H3,(H,25,30)/t16-/m1/s1. The number of carbonyl (C=O) groups is 2. The summed E-state index contributed by atoms with van der Waals surface area (Å²) in [5.74, 6) is -0.504. The van der Waals surface area contributed by atoms with E-state index in [9.17, 15) is 14.0 Å². The largest absolute Gasteiger partial charge is 0.360 e. The Labute approximate surface area is 187 Å². The highest BCUT2D eigenvalue weighted by Crippen LogP contribution is 2.44. The Balaban J connectivity index is 1.27. The predicted molar refractivity (Wildman–Crippen MR) is 117 cm³/mol. The number of nitrogens with zero attached hydrogens (tertiary/aromatic N) is 3. The van der Waals surface area contributed by atoms with Crippen LogP contribution in [-0.2, 0) is 9.53 Å². The minimum Gasteiger partial charge on any atom is -0.360 e. The molecule has 1 aliphatic carbocycles. The second-order valence-corrected chi connectivity index (χ2v) is 9.30. The molecule has 9 heteroatoms. The fraction of sp³-hybridized carbons (Fsp3) is 0.636. The topological polar surface area (TPSA) is 65.1 Å². The van der Waals surface area contributed by atoms with Crippen molar-refractivity contribution in [3.63, 3.8) is 0 Å².